The van der Waals surface area contributed by atoms with E-state index in [1.165, 1.54) is 0 Å². The summed E-state index contributed by atoms with van der Waals surface area (Å²) >= 11 is 0. The van der Waals surface area contributed by atoms with Crippen molar-refractivity contribution in [2.45, 2.75) is 33.8 Å². The van der Waals surface area contributed by atoms with Crippen LogP contribution in [0.2, 0.25) is 0 Å². The number of nitrogens with zero attached hydrogens (tertiary/aromatic N) is 2. The third-order valence-corrected chi connectivity index (χ3v) is 2.65. The average Bonchev–Trinajstić information content (AvgIpc) is 2.19. The van der Waals surface area contributed by atoms with Crippen LogP contribution in [-0.2, 0) is 0 Å². The van der Waals surface area contributed by atoms with Crippen molar-refractivity contribution in [2.24, 2.45) is 0 Å². The van der Waals surface area contributed by atoms with Crippen LogP contribution in [0.15, 0.2) is 12.1 Å². The van der Waals surface area contributed by atoms with Gasteiger partial charge in [0.1, 0.15) is 5.82 Å². The van der Waals surface area contributed by atoms with Crippen molar-refractivity contribution >= 4 is 5.82 Å². The van der Waals surface area contributed by atoms with Gasteiger partial charge in [-0.3, -0.25) is 0 Å². The SMILES string of the molecule is CCN(CC)c1ccc(C(C)O)c(C)n1. The molecule has 1 rings (SSSR count). The maximum Gasteiger partial charge on any atom is 0.128 e. The molecule has 1 atom stereocenters. The Hall–Kier alpha value is -1.09. The Kier molecular flexibility index (Phi) is 4.09. The van der Waals surface area contributed by atoms with Crippen molar-refractivity contribution in [3.63, 3.8) is 0 Å². The van der Waals surface area contributed by atoms with Gasteiger partial charge in [-0.15, -0.1) is 0 Å². The van der Waals surface area contributed by atoms with Crippen molar-refractivity contribution in [1.29, 1.82) is 0 Å². The smallest absolute Gasteiger partial charge is 0.128 e. The van der Waals surface area contributed by atoms with Gasteiger partial charge in [-0.05, 0) is 33.8 Å². The summed E-state index contributed by atoms with van der Waals surface area (Å²) in [6, 6.07) is 3.93. The number of aryl methyl sites for hydroxylation is 1. The number of anilines is 1. The van der Waals surface area contributed by atoms with Gasteiger partial charge in [-0.1, -0.05) is 6.07 Å². The third-order valence-electron chi connectivity index (χ3n) is 2.65. The molecule has 0 spiro atoms. The Bertz CT molecular complexity index is 319. The van der Waals surface area contributed by atoms with E-state index in [0.29, 0.717) is 0 Å². The molecule has 1 aromatic rings. The van der Waals surface area contributed by atoms with E-state index in [0.717, 1.165) is 30.2 Å². The lowest BCUT2D eigenvalue weighted by molar-refractivity contribution is 0.198. The maximum atomic E-state index is 9.49. The van der Waals surface area contributed by atoms with Crippen molar-refractivity contribution in [1.82, 2.24) is 4.98 Å². The van der Waals surface area contributed by atoms with Gasteiger partial charge in [-0.2, -0.15) is 0 Å². The van der Waals surface area contributed by atoms with Crippen molar-refractivity contribution in [2.75, 3.05) is 18.0 Å². The molecule has 0 aliphatic heterocycles. The first-order valence-corrected chi connectivity index (χ1v) is 5.50. The number of aliphatic hydroxyl groups excluding tert-OH is 1. The van der Waals surface area contributed by atoms with Crippen LogP contribution in [0.3, 0.4) is 0 Å². The van der Waals surface area contributed by atoms with E-state index in [1.807, 2.05) is 19.1 Å². The van der Waals surface area contributed by atoms with Crippen LogP contribution in [-0.4, -0.2) is 23.2 Å². The Morgan fingerprint density at radius 1 is 1.33 bits per heavy atom. The van der Waals surface area contributed by atoms with Gasteiger partial charge in [0.25, 0.3) is 0 Å². The monoisotopic (exact) mass is 208 g/mol. The van der Waals surface area contributed by atoms with Crippen LogP contribution in [0.5, 0.6) is 0 Å². The highest BCUT2D eigenvalue weighted by atomic mass is 16.3. The lowest BCUT2D eigenvalue weighted by atomic mass is 10.1. The topological polar surface area (TPSA) is 36.4 Å². The molecule has 15 heavy (non-hydrogen) atoms. The van der Waals surface area contributed by atoms with Gasteiger partial charge in [0.05, 0.1) is 6.10 Å². The molecule has 1 unspecified atom stereocenters. The van der Waals surface area contributed by atoms with Crippen LogP contribution in [0, 0.1) is 6.92 Å². The molecule has 3 nitrogen and oxygen atoms in total. The standard InChI is InChI=1S/C12H20N2O/c1-5-14(6-2)12-8-7-11(10(4)15)9(3)13-12/h7-8,10,15H,5-6H2,1-4H3. The normalized spacial score (nSPS) is 12.6. The first-order valence-electron chi connectivity index (χ1n) is 5.50. The fourth-order valence-electron chi connectivity index (χ4n) is 1.72. The highest BCUT2D eigenvalue weighted by Gasteiger charge is 2.09. The second-order valence-electron chi connectivity index (χ2n) is 3.69. The van der Waals surface area contributed by atoms with Gasteiger partial charge in [0.15, 0.2) is 0 Å². The molecule has 0 bridgehead atoms. The summed E-state index contributed by atoms with van der Waals surface area (Å²) in [6.07, 6.45) is -0.441. The summed E-state index contributed by atoms with van der Waals surface area (Å²) in [4.78, 5) is 6.70. The Morgan fingerprint density at radius 2 is 1.93 bits per heavy atom. The second kappa shape index (κ2) is 5.12. The van der Waals surface area contributed by atoms with E-state index in [-0.39, 0.29) is 0 Å². The molecule has 0 saturated heterocycles. The predicted octanol–water partition coefficient (Wildman–Crippen LogP) is 2.29. The van der Waals surface area contributed by atoms with E-state index in [9.17, 15) is 5.11 Å². The highest BCUT2D eigenvalue weighted by Crippen LogP contribution is 2.19. The molecule has 0 aliphatic rings. The number of aromatic nitrogens is 1. The number of hydrogen-bond donors (Lipinski definition) is 1. The molecule has 3 heteroatoms. The summed E-state index contributed by atoms with van der Waals surface area (Å²) < 4.78 is 0. The molecule has 0 aromatic carbocycles. The van der Waals surface area contributed by atoms with Gasteiger partial charge in [0, 0.05) is 24.3 Å². The number of rotatable bonds is 4. The van der Waals surface area contributed by atoms with Crippen LogP contribution in [0.1, 0.15) is 38.1 Å². The highest BCUT2D eigenvalue weighted by molar-refractivity contribution is 5.41. The molecule has 0 saturated carbocycles. The zero-order valence-electron chi connectivity index (χ0n) is 9.99. The zero-order valence-corrected chi connectivity index (χ0v) is 9.99. The Balaban J connectivity index is 3.00. The fourth-order valence-corrected chi connectivity index (χ4v) is 1.72. The Labute approximate surface area is 91.8 Å². The average molecular weight is 208 g/mol. The molecule has 0 aliphatic carbocycles. The van der Waals surface area contributed by atoms with Crippen molar-refractivity contribution in [3.05, 3.63) is 23.4 Å². The summed E-state index contributed by atoms with van der Waals surface area (Å²) in [6.45, 7) is 9.84. The summed E-state index contributed by atoms with van der Waals surface area (Å²) in [5.41, 5.74) is 1.82. The zero-order chi connectivity index (χ0) is 11.4. The van der Waals surface area contributed by atoms with Crippen LogP contribution >= 0.6 is 0 Å². The first-order chi connectivity index (χ1) is 7.10. The van der Waals surface area contributed by atoms with Gasteiger partial charge >= 0.3 is 0 Å². The molecule has 1 N–H and O–H groups in total. The largest absolute Gasteiger partial charge is 0.389 e. The lowest BCUT2D eigenvalue weighted by Crippen LogP contribution is -2.23. The molecule has 1 aromatic heterocycles. The molecule has 1 heterocycles. The molecular formula is C12H20N2O. The van der Waals surface area contributed by atoms with E-state index in [4.69, 9.17) is 0 Å². The number of pyridine rings is 1. The van der Waals surface area contributed by atoms with Crippen molar-refractivity contribution in [3.8, 4) is 0 Å². The maximum absolute atomic E-state index is 9.49. The third kappa shape index (κ3) is 2.69. The number of hydrogen-bond acceptors (Lipinski definition) is 3. The minimum atomic E-state index is -0.441. The molecule has 0 fully saturated rings. The Morgan fingerprint density at radius 3 is 2.33 bits per heavy atom. The molecule has 0 amide bonds. The first kappa shape index (κ1) is 12.0. The fraction of sp³-hybridized carbons (Fsp3) is 0.583. The van der Waals surface area contributed by atoms with Gasteiger partial charge < -0.3 is 10.0 Å². The van der Waals surface area contributed by atoms with Crippen molar-refractivity contribution < 1.29 is 5.11 Å². The van der Waals surface area contributed by atoms with E-state index >= 15 is 0 Å². The minimum absolute atomic E-state index is 0.441. The summed E-state index contributed by atoms with van der Waals surface area (Å²) in [5.74, 6) is 0.988. The molecular weight excluding hydrogens is 188 g/mol. The van der Waals surface area contributed by atoms with E-state index < -0.39 is 6.10 Å². The minimum Gasteiger partial charge on any atom is -0.389 e. The van der Waals surface area contributed by atoms with Crippen LogP contribution in [0.25, 0.3) is 0 Å². The number of aliphatic hydroxyl groups is 1. The molecule has 0 radical (unpaired) electrons. The van der Waals surface area contributed by atoms with E-state index in [1.54, 1.807) is 6.92 Å². The van der Waals surface area contributed by atoms with Gasteiger partial charge in [-0.25, -0.2) is 4.98 Å². The summed E-state index contributed by atoms with van der Waals surface area (Å²) in [5, 5.41) is 9.49. The quantitative estimate of drug-likeness (QED) is 0.824. The second-order valence-corrected chi connectivity index (χ2v) is 3.69. The predicted molar refractivity (Wildman–Crippen MR) is 63.2 cm³/mol. The van der Waals surface area contributed by atoms with Crippen LogP contribution in [0.4, 0.5) is 5.82 Å². The van der Waals surface area contributed by atoms with E-state index in [2.05, 4.69) is 23.7 Å². The lowest BCUT2D eigenvalue weighted by Gasteiger charge is -2.21. The molecule has 84 valence electrons. The summed E-state index contributed by atoms with van der Waals surface area (Å²) in [7, 11) is 0. The van der Waals surface area contributed by atoms with Gasteiger partial charge in [0.2, 0.25) is 0 Å². The van der Waals surface area contributed by atoms with Crippen LogP contribution < -0.4 is 4.90 Å².